The number of phenols is 1. The van der Waals surface area contributed by atoms with Crippen LogP contribution in [-0.4, -0.2) is 24.7 Å². The number of nitrogens with zero attached hydrogens (tertiary/aromatic N) is 1. The minimum atomic E-state index is -3.72. The third kappa shape index (κ3) is 1.58. The van der Waals surface area contributed by atoms with E-state index in [9.17, 15) is 13.9 Å². The maximum Gasteiger partial charge on any atom is 0.586 e. The van der Waals surface area contributed by atoms with Crippen molar-refractivity contribution in [2.45, 2.75) is 6.29 Å². The van der Waals surface area contributed by atoms with Gasteiger partial charge in [0, 0.05) is 18.8 Å². The minimum Gasteiger partial charge on any atom is -0.504 e. The number of alkyl halides is 2. The van der Waals surface area contributed by atoms with Gasteiger partial charge in [0.1, 0.15) is 0 Å². The van der Waals surface area contributed by atoms with Crippen LogP contribution in [0.1, 0.15) is 5.56 Å². The van der Waals surface area contributed by atoms with E-state index in [0.717, 1.165) is 0 Å². The number of ether oxygens (including phenoxy) is 2. The van der Waals surface area contributed by atoms with Gasteiger partial charge in [-0.25, -0.2) is 0 Å². The molecule has 0 radical (unpaired) electrons. The summed E-state index contributed by atoms with van der Waals surface area (Å²) in [6.45, 7) is 0. The van der Waals surface area contributed by atoms with Crippen LogP contribution in [0.15, 0.2) is 17.1 Å². The van der Waals surface area contributed by atoms with Crippen molar-refractivity contribution in [3.63, 3.8) is 0 Å². The summed E-state index contributed by atoms with van der Waals surface area (Å²) >= 11 is 0. The summed E-state index contributed by atoms with van der Waals surface area (Å²) in [5, 5.41) is 9.54. The lowest BCUT2D eigenvalue weighted by atomic mass is 10.2. The lowest BCUT2D eigenvalue weighted by molar-refractivity contribution is -0.287. The van der Waals surface area contributed by atoms with Gasteiger partial charge >= 0.3 is 6.29 Å². The second-order valence-corrected chi connectivity index (χ2v) is 2.89. The van der Waals surface area contributed by atoms with Crippen LogP contribution in [0.3, 0.4) is 0 Å². The summed E-state index contributed by atoms with van der Waals surface area (Å²) in [5.74, 6) is -0.960. The topological polar surface area (TPSA) is 51.1 Å². The molecular formula is C9H7F2NO3. The quantitative estimate of drug-likeness (QED) is 0.726. The Bertz CT molecular complexity index is 432. The molecule has 0 amide bonds. The van der Waals surface area contributed by atoms with Gasteiger partial charge in [-0.15, -0.1) is 8.78 Å². The van der Waals surface area contributed by atoms with Crippen molar-refractivity contribution in [1.29, 1.82) is 0 Å². The van der Waals surface area contributed by atoms with Crippen molar-refractivity contribution in [1.82, 2.24) is 0 Å². The maximum absolute atomic E-state index is 12.6. The van der Waals surface area contributed by atoms with Crippen LogP contribution in [0.4, 0.5) is 8.78 Å². The number of hydrogen-bond donors (Lipinski definition) is 1. The lowest BCUT2D eigenvalue weighted by Gasteiger charge is -2.05. The average molecular weight is 215 g/mol. The molecule has 1 N–H and O–H groups in total. The zero-order valence-electron chi connectivity index (χ0n) is 7.70. The van der Waals surface area contributed by atoms with Crippen LogP contribution in [-0.2, 0) is 0 Å². The lowest BCUT2D eigenvalue weighted by Crippen LogP contribution is -2.25. The predicted molar refractivity (Wildman–Crippen MR) is 47.8 cm³/mol. The Labute approximate surface area is 83.8 Å². The molecule has 0 saturated carbocycles. The van der Waals surface area contributed by atoms with Crippen LogP contribution in [0.5, 0.6) is 17.2 Å². The first-order valence-electron chi connectivity index (χ1n) is 4.07. The highest BCUT2D eigenvalue weighted by Gasteiger charge is 2.45. The number of hydrogen-bond acceptors (Lipinski definition) is 4. The van der Waals surface area contributed by atoms with Gasteiger partial charge in [0.15, 0.2) is 11.5 Å². The third-order valence-corrected chi connectivity index (χ3v) is 1.84. The first kappa shape index (κ1) is 9.70. The van der Waals surface area contributed by atoms with Crippen molar-refractivity contribution < 1.29 is 23.4 Å². The molecule has 0 unspecified atom stereocenters. The summed E-state index contributed by atoms with van der Waals surface area (Å²) < 4.78 is 33.6. The number of rotatable bonds is 1. The van der Waals surface area contributed by atoms with E-state index in [1.165, 1.54) is 25.4 Å². The van der Waals surface area contributed by atoms with E-state index >= 15 is 0 Å². The average Bonchev–Trinajstić information content (AvgIpc) is 2.46. The number of benzene rings is 1. The van der Waals surface area contributed by atoms with Crippen molar-refractivity contribution >= 4 is 6.21 Å². The maximum atomic E-state index is 12.6. The van der Waals surface area contributed by atoms with Gasteiger partial charge in [0.05, 0.1) is 0 Å². The predicted octanol–water partition coefficient (Wildman–Crippen LogP) is 1.76. The number of phenolic OH excluding ortho intramolecular Hbond substituents is 1. The molecule has 80 valence electrons. The highest BCUT2D eigenvalue weighted by molar-refractivity contribution is 5.85. The minimum absolute atomic E-state index is 0.189. The molecule has 0 aliphatic carbocycles. The normalized spacial score (nSPS) is 17.3. The second-order valence-electron chi connectivity index (χ2n) is 2.89. The molecular weight excluding hydrogens is 208 g/mol. The van der Waals surface area contributed by atoms with Gasteiger partial charge in [-0.05, 0) is 12.1 Å². The third-order valence-electron chi connectivity index (χ3n) is 1.84. The van der Waals surface area contributed by atoms with Crippen LogP contribution < -0.4 is 9.47 Å². The number of halogens is 2. The molecule has 1 heterocycles. The molecule has 0 aromatic heterocycles. The van der Waals surface area contributed by atoms with Gasteiger partial charge in [0.2, 0.25) is 5.75 Å². The fraction of sp³-hybridized carbons (Fsp3) is 0.222. The highest BCUT2D eigenvalue weighted by Crippen LogP contribution is 2.47. The Morgan fingerprint density at radius 1 is 1.40 bits per heavy atom. The Morgan fingerprint density at radius 2 is 2.13 bits per heavy atom. The van der Waals surface area contributed by atoms with Crippen LogP contribution in [0.25, 0.3) is 0 Å². The van der Waals surface area contributed by atoms with Crippen LogP contribution in [0.2, 0.25) is 0 Å². The van der Waals surface area contributed by atoms with Crippen LogP contribution in [0, 0.1) is 0 Å². The van der Waals surface area contributed by atoms with E-state index in [-0.39, 0.29) is 17.1 Å². The molecule has 6 heteroatoms. The van der Waals surface area contributed by atoms with Crippen molar-refractivity contribution in [3.05, 3.63) is 17.7 Å². The molecule has 2 rings (SSSR count). The Balaban J connectivity index is 2.48. The SMILES string of the molecule is CN=Cc1ccc2c(c1O)OC(F)(F)O2. The van der Waals surface area contributed by atoms with Gasteiger partial charge in [-0.3, -0.25) is 4.99 Å². The summed E-state index contributed by atoms with van der Waals surface area (Å²) in [6, 6.07) is 2.69. The molecule has 0 atom stereocenters. The second kappa shape index (κ2) is 3.08. The molecule has 0 saturated heterocycles. The zero-order valence-corrected chi connectivity index (χ0v) is 7.70. The van der Waals surface area contributed by atoms with Gasteiger partial charge in [0.25, 0.3) is 0 Å². The number of aromatic hydroxyl groups is 1. The molecule has 1 aromatic rings. The fourth-order valence-electron chi connectivity index (χ4n) is 1.26. The summed E-state index contributed by atoms with van der Waals surface area (Å²) in [4.78, 5) is 3.66. The molecule has 15 heavy (non-hydrogen) atoms. The first-order chi connectivity index (χ1) is 7.03. The molecule has 0 bridgehead atoms. The van der Waals surface area contributed by atoms with Crippen molar-refractivity contribution in [2.75, 3.05) is 7.05 Å². The summed E-state index contributed by atoms with van der Waals surface area (Å²) in [5.41, 5.74) is 0.289. The molecule has 0 spiro atoms. The van der Waals surface area contributed by atoms with Crippen molar-refractivity contribution in [3.8, 4) is 17.2 Å². The molecule has 0 fully saturated rings. The van der Waals surface area contributed by atoms with Crippen molar-refractivity contribution in [2.24, 2.45) is 4.99 Å². The fourth-order valence-corrected chi connectivity index (χ4v) is 1.26. The monoisotopic (exact) mass is 215 g/mol. The smallest absolute Gasteiger partial charge is 0.504 e. The molecule has 1 aliphatic heterocycles. The highest BCUT2D eigenvalue weighted by atomic mass is 19.3. The van der Waals surface area contributed by atoms with E-state index in [1.807, 2.05) is 0 Å². The van der Waals surface area contributed by atoms with Crippen LogP contribution >= 0.6 is 0 Å². The van der Waals surface area contributed by atoms with Gasteiger partial charge < -0.3 is 14.6 Å². The van der Waals surface area contributed by atoms with Gasteiger partial charge in [-0.1, -0.05) is 0 Å². The Morgan fingerprint density at radius 3 is 2.80 bits per heavy atom. The van der Waals surface area contributed by atoms with E-state index < -0.39 is 12.0 Å². The van der Waals surface area contributed by atoms with E-state index in [1.54, 1.807) is 0 Å². The zero-order chi connectivity index (χ0) is 11.1. The Kier molecular flexibility index (Phi) is 1.99. The largest absolute Gasteiger partial charge is 0.586 e. The Hall–Kier alpha value is -1.85. The van der Waals surface area contributed by atoms with E-state index in [4.69, 9.17) is 0 Å². The standard InChI is InChI=1S/C9H7F2NO3/c1-12-4-5-2-3-6-8(7(5)13)15-9(10,11)14-6/h2-4,13H,1H3. The molecule has 1 aliphatic rings. The molecule has 4 nitrogen and oxygen atoms in total. The number of aliphatic imine (C=N–C) groups is 1. The van der Waals surface area contributed by atoms with E-state index in [2.05, 4.69) is 14.5 Å². The summed E-state index contributed by atoms with van der Waals surface area (Å²) in [6.07, 6.45) is -2.39. The van der Waals surface area contributed by atoms with E-state index in [0.29, 0.717) is 0 Å². The first-order valence-corrected chi connectivity index (χ1v) is 4.07. The number of fused-ring (bicyclic) bond motifs is 1. The molecule has 1 aromatic carbocycles. The van der Waals surface area contributed by atoms with Gasteiger partial charge in [-0.2, -0.15) is 0 Å². The summed E-state index contributed by atoms with van der Waals surface area (Å²) in [7, 11) is 1.50.